The number of carbonyl (C=O) groups is 1. The van der Waals surface area contributed by atoms with E-state index in [1.807, 2.05) is 43.3 Å². The second kappa shape index (κ2) is 13.7. The van der Waals surface area contributed by atoms with E-state index < -0.39 is 22.9 Å². The van der Waals surface area contributed by atoms with Crippen LogP contribution in [-0.2, 0) is 6.42 Å². The molecule has 1 aliphatic heterocycles. The molecule has 2 aromatic rings. The molecule has 0 bridgehead atoms. The molecule has 2 unspecified atom stereocenters. The Labute approximate surface area is 228 Å². The van der Waals surface area contributed by atoms with Gasteiger partial charge in [0.05, 0.1) is 23.6 Å². The lowest BCUT2D eigenvalue weighted by molar-refractivity contribution is 0.0821. The maximum absolute atomic E-state index is 13.6. The zero-order valence-electron chi connectivity index (χ0n) is 22.4. The molecule has 8 nitrogen and oxygen atoms in total. The average molecular weight is 545 g/mol. The molecule has 0 aromatic heterocycles. The van der Waals surface area contributed by atoms with Gasteiger partial charge in [-0.1, -0.05) is 49.6 Å². The summed E-state index contributed by atoms with van der Waals surface area (Å²) in [6.07, 6.45) is 7.33. The number of aliphatic hydroxyl groups excluding tert-OH is 1. The molecule has 1 amide bonds. The Morgan fingerprint density at radius 3 is 2.53 bits per heavy atom. The standard InChI is InChI=1S/C29H44N4O4S/c1-2-30-25-18-23(19-26(20-25)33-15-9-10-16-38(33,36)37)29(35)32-27(17-22-11-5-3-6-12-22)28(34)21-31-24-13-7-4-8-14-24/h3,5-6,11-12,18-20,24,27-28,30-31,34,36-37H,2,4,7-10,13-17,21H2,1H3,(H,32,35). The predicted molar refractivity (Wildman–Crippen MR) is 157 cm³/mol. The number of nitrogens with zero attached hydrogens (tertiary/aromatic N) is 1. The minimum absolute atomic E-state index is 0.294. The Morgan fingerprint density at radius 1 is 1.05 bits per heavy atom. The molecule has 1 saturated carbocycles. The van der Waals surface area contributed by atoms with Gasteiger partial charge in [0.2, 0.25) is 0 Å². The van der Waals surface area contributed by atoms with Crippen molar-refractivity contribution < 1.29 is 19.0 Å². The highest BCUT2D eigenvalue weighted by Crippen LogP contribution is 2.50. The molecular weight excluding hydrogens is 500 g/mol. The number of rotatable bonds is 11. The molecule has 2 fully saturated rings. The highest BCUT2D eigenvalue weighted by atomic mass is 32.3. The van der Waals surface area contributed by atoms with E-state index in [-0.39, 0.29) is 5.91 Å². The maximum atomic E-state index is 13.6. The molecule has 4 rings (SSSR count). The highest BCUT2D eigenvalue weighted by Gasteiger charge is 2.29. The number of hydrogen-bond acceptors (Lipinski definition) is 7. The fourth-order valence-electron chi connectivity index (χ4n) is 5.44. The zero-order chi connectivity index (χ0) is 27.0. The third kappa shape index (κ3) is 7.86. The summed E-state index contributed by atoms with van der Waals surface area (Å²) in [5.41, 5.74) is 2.83. The molecule has 1 aliphatic carbocycles. The van der Waals surface area contributed by atoms with Crippen molar-refractivity contribution in [2.24, 2.45) is 0 Å². The first-order valence-corrected chi connectivity index (χ1v) is 15.7. The molecular formula is C29H44N4O4S. The smallest absolute Gasteiger partial charge is 0.251 e. The van der Waals surface area contributed by atoms with Gasteiger partial charge in [0, 0.05) is 36.9 Å². The van der Waals surface area contributed by atoms with Crippen LogP contribution < -0.4 is 20.3 Å². The molecule has 1 heterocycles. The van der Waals surface area contributed by atoms with E-state index in [9.17, 15) is 19.0 Å². The number of anilines is 2. The number of nitrogens with one attached hydrogen (secondary N) is 3. The van der Waals surface area contributed by atoms with Crippen LogP contribution in [0.15, 0.2) is 48.5 Å². The van der Waals surface area contributed by atoms with Gasteiger partial charge in [-0.05, 0) is 62.8 Å². The van der Waals surface area contributed by atoms with Crippen molar-refractivity contribution in [2.45, 2.75) is 76.5 Å². The highest BCUT2D eigenvalue weighted by molar-refractivity contribution is 8.25. The molecule has 2 aromatic carbocycles. The van der Waals surface area contributed by atoms with Crippen molar-refractivity contribution in [3.8, 4) is 0 Å². The topological polar surface area (TPSA) is 117 Å². The summed E-state index contributed by atoms with van der Waals surface area (Å²) in [6, 6.07) is 15.2. The maximum Gasteiger partial charge on any atom is 0.251 e. The number of benzene rings is 2. The van der Waals surface area contributed by atoms with Crippen LogP contribution in [0, 0.1) is 0 Å². The second-order valence-electron chi connectivity index (χ2n) is 10.5. The van der Waals surface area contributed by atoms with Gasteiger partial charge >= 0.3 is 0 Å². The third-order valence-corrected chi connectivity index (χ3v) is 9.47. The summed E-state index contributed by atoms with van der Waals surface area (Å²) in [7, 11) is -2.92. The third-order valence-electron chi connectivity index (χ3n) is 7.53. The summed E-state index contributed by atoms with van der Waals surface area (Å²) in [5.74, 6) is 0.0383. The first kappa shape index (κ1) is 28.7. The summed E-state index contributed by atoms with van der Waals surface area (Å²) in [6.45, 7) is 3.59. The van der Waals surface area contributed by atoms with Crippen LogP contribution in [0.3, 0.4) is 0 Å². The lowest BCUT2D eigenvalue weighted by atomic mass is 9.95. The lowest BCUT2D eigenvalue weighted by Gasteiger charge is -2.47. The van der Waals surface area contributed by atoms with E-state index in [2.05, 4.69) is 16.0 Å². The largest absolute Gasteiger partial charge is 0.390 e. The predicted octanol–water partition coefficient (Wildman–Crippen LogP) is 5.01. The Kier molecular flexibility index (Phi) is 10.3. The van der Waals surface area contributed by atoms with Gasteiger partial charge in [0.1, 0.15) is 0 Å². The van der Waals surface area contributed by atoms with Crippen molar-refractivity contribution in [3.05, 3.63) is 59.7 Å². The normalized spacial score (nSPS) is 20.4. The van der Waals surface area contributed by atoms with Crippen molar-refractivity contribution in [3.63, 3.8) is 0 Å². The minimum atomic E-state index is -2.92. The van der Waals surface area contributed by atoms with Crippen LogP contribution in [0.5, 0.6) is 0 Å². The van der Waals surface area contributed by atoms with Crippen LogP contribution in [0.4, 0.5) is 11.4 Å². The number of hydrogen-bond donors (Lipinski definition) is 6. The van der Waals surface area contributed by atoms with Gasteiger partial charge in [0.25, 0.3) is 5.91 Å². The number of aliphatic hydroxyl groups is 1. The van der Waals surface area contributed by atoms with E-state index in [4.69, 9.17) is 0 Å². The minimum Gasteiger partial charge on any atom is -0.390 e. The Balaban J connectivity index is 1.53. The summed E-state index contributed by atoms with van der Waals surface area (Å²) in [4.78, 5) is 13.6. The molecule has 2 atom stereocenters. The molecule has 210 valence electrons. The Hall–Kier alpha value is -2.30. The molecule has 2 aliphatic rings. The van der Waals surface area contributed by atoms with Crippen molar-refractivity contribution >= 4 is 28.1 Å². The SMILES string of the molecule is CCNc1cc(C(=O)NC(Cc2ccccc2)C(O)CNC2CCCCC2)cc(N2CCCCS2(O)O)c1. The lowest BCUT2D eigenvalue weighted by Crippen LogP contribution is -2.50. The van der Waals surface area contributed by atoms with E-state index in [0.717, 1.165) is 36.9 Å². The molecule has 1 saturated heterocycles. The van der Waals surface area contributed by atoms with Gasteiger partial charge in [-0.2, -0.15) is 0 Å². The van der Waals surface area contributed by atoms with Crippen LogP contribution in [0.2, 0.25) is 0 Å². The van der Waals surface area contributed by atoms with E-state index in [1.54, 1.807) is 16.4 Å². The summed E-state index contributed by atoms with van der Waals surface area (Å²) < 4.78 is 23.0. The van der Waals surface area contributed by atoms with Crippen LogP contribution >= 0.6 is 10.8 Å². The van der Waals surface area contributed by atoms with Gasteiger partial charge < -0.3 is 21.1 Å². The quantitative estimate of drug-likeness (QED) is 0.236. The van der Waals surface area contributed by atoms with Crippen LogP contribution in [-0.4, -0.2) is 63.7 Å². The van der Waals surface area contributed by atoms with E-state index in [0.29, 0.717) is 49.1 Å². The van der Waals surface area contributed by atoms with Crippen LogP contribution in [0.1, 0.15) is 67.8 Å². The van der Waals surface area contributed by atoms with Gasteiger partial charge in [-0.3, -0.25) is 18.2 Å². The van der Waals surface area contributed by atoms with E-state index >= 15 is 0 Å². The first-order valence-electron chi connectivity index (χ1n) is 14.0. The van der Waals surface area contributed by atoms with Crippen molar-refractivity contribution in [2.75, 3.05) is 35.0 Å². The monoisotopic (exact) mass is 544 g/mol. The zero-order valence-corrected chi connectivity index (χ0v) is 23.3. The molecule has 9 heteroatoms. The fourth-order valence-corrected chi connectivity index (χ4v) is 7.11. The van der Waals surface area contributed by atoms with Gasteiger partial charge in [0.15, 0.2) is 0 Å². The Bertz CT molecular complexity index is 1030. The summed E-state index contributed by atoms with van der Waals surface area (Å²) in [5, 5.41) is 21.1. The number of carbonyl (C=O) groups excluding carboxylic acids is 1. The average Bonchev–Trinajstić information content (AvgIpc) is 2.92. The van der Waals surface area contributed by atoms with Gasteiger partial charge in [-0.25, -0.2) is 0 Å². The molecule has 6 N–H and O–H groups in total. The van der Waals surface area contributed by atoms with Crippen LogP contribution in [0.25, 0.3) is 0 Å². The molecule has 38 heavy (non-hydrogen) atoms. The van der Waals surface area contributed by atoms with Crippen molar-refractivity contribution in [1.82, 2.24) is 10.6 Å². The number of amides is 1. The fraction of sp³-hybridized carbons (Fsp3) is 0.552. The Morgan fingerprint density at radius 2 is 1.82 bits per heavy atom. The summed E-state index contributed by atoms with van der Waals surface area (Å²) >= 11 is 0. The van der Waals surface area contributed by atoms with E-state index in [1.165, 1.54) is 19.3 Å². The second-order valence-corrected chi connectivity index (χ2v) is 12.6. The molecule has 0 radical (unpaired) electrons. The first-order chi connectivity index (χ1) is 18.4. The molecule has 0 spiro atoms. The van der Waals surface area contributed by atoms with Crippen molar-refractivity contribution in [1.29, 1.82) is 0 Å². The van der Waals surface area contributed by atoms with Gasteiger partial charge in [-0.15, -0.1) is 10.8 Å².